The number of ether oxygens (including phenoxy) is 2. The topological polar surface area (TPSA) is 289 Å². The molecule has 10 N–H and O–H groups in total. The molecule has 0 aromatic rings. The van der Waals surface area contributed by atoms with Gasteiger partial charge in [-0.3, -0.25) is 9.59 Å². The molecule has 0 rings (SSSR count). The van der Waals surface area contributed by atoms with Crippen molar-refractivity contribution >= 4 is 23.9 Å². The zero-order valence-corrected chi connectivity index (χ0v) is 15.7. The molecule has 0 amide bonds. The fraction of sp³-hybridized carbons (Fsp3) is 0.733. The van der Waals surface area contributed by atoms with Crippen LogP contribution in [-0.2, 0) is 28.7 Å². The second kappa shape index (κ2) is 13.3. The highest BCUT2D eigenvalue weighted by Gasteiger charge is 2.38. The van der Waals surface area contributed by atoms with Crippen molar-refractivity contribution in [1.82, 2.24) is 0 Å². The summed E-state index contributed by atoms with van der Waals surface area (Å²) in [5.41, 5.74) is 0. The molecule has 16 nitrogen and oxygen atoms in total. The molecule has 16 heteroatoms. The SMILES string of the molecule is O=C(CC(=O)OC(=O)[C@H](O)[C@@H](O)[C@H](O)[C@H](O)CO)OC(=O)[C@H](O)[C@@H](O)[C@H](O)[C@H](O)CO. The van der Waals surface area contributed by atoms with E-state index in [0.29, 0.717) is 0 Å². The minimum absolute atomic E-state index is 1.05. The number of hydrogen-bond donors (Lipinski definition) is 10. The van der Waals surface area contributed by atoms with Crippen molar-refractivity contribution in [3.05, 3.63) is 0 Å². The first-order valence-corrected chi connectivity index (χ1v) is 8.43. The Morgan fingerprint density at radius 3 is 1.10 bits per heavy atom. The maximum atomic E-state index is 11.5. The number of carbonyl (C=O) groups excluding carboxylic acids is 4. The highest BCUT2D eigenvalue weighted by molar-refractivity contribution is 6.00. The summed E-state index contributed by atoms with van der Waals surface area (Å²) in [6.45, 7) is -2.09. The highest BCUT2D eigenvalue weighted by Crippen LogP contribution is 2.09. The number of aliphatic hydroxyl groups excluding tert-OH is 10. The van der Waals surface area contributed by atoms with Gasteiger partial charge in [-0.1, -0.05) is 0 Å². The van der Waals surface area contributed by atoms with Gasteiger partial charge in [0.25, 0.3) is 0 Å². The lowest BCUT2D eigenvalue weighted by Gasteiger charge is -2.24. The predicted octanol–water partition coefficient (Wildman–Crippen LogP) is -7.61. The Balaban J connectivity index is 4.71. The van der Waals surface area contributed by atoms with Gasteiger partial charge in [-0.25, -0.2) is 9.59 Å². The van der Waals surface area contributed by atoms with E-state index in [0.717, 1.165) is 0 Å². The second-order valence-electron chi connectivity index (χ2n) is 6.11. The van der Waals surface area contributed by atoms with Crippen LogP contribution in [0.15, 0.2) is 0 Å². The summed E-state index contributed by atoms with van der Waals surface area (Å²) in [6.07, 6.45) is -19.7. The third kappa shape index (κ3) is 8.87. The van der Waals surface area contributed by atoms with Crippen LogP contribution in [-0.4, -0.2) is 137 Å². The first kappa shape index (κ1) is 28.9. The zero-order chi connectivity index (χ0) is 24.5. The molecule has 0 aliphatic heterocycles. The first-order chi connectivity index (χ1) is 14.3. The van der Waals surface area contributed by atoms with E-state index in [1.165, 1.54) is 0 Å². The van der Waals surface area contributed by atoms with Gasteiger partial charge in [0.15, 0.2) is 12.2 Å². The van der Waals surface area contributed by atoms with E-state index in [-0.39, 0.29) is 0 Å². The predicted molar refractivity (Wildman–Crippen MR) is 89.0 cm³/mol. The Kier molecular flexibility index (Phi) is 12.4. The van der Waals surface area contributed by atoms with Crippen LogP contribution in [0.25, 0.3) is 0 Å². The molecule has 0 aliphatic rings. The average Bonchev–Trinajstić information content (AvgIpc) is 2.73. The quantitative estimate of drug-likeness (QED) is 0.0955. The number of esters is 4. The van der Waals surface area contributed by atoms with Gasteiger partial charge in [0.1, 0.15) is 43.0 Å². The monoisotopic (exact) mass is 460 g/mol. The number of carbonyl (C=O) groups is 4. The molecular formula is C15H24O16. The van der Waals surface area contributed by atoms with Gasteiger partial charge < -0.3 is 60.5 Å². The van der Waals surface area contributed by atoms with Crippen molar-refractivity contribution in [1.29, 1.82) is 0 Å². The summed E-state index contributed by atoms with van der Waals surface area (Å²) >= 11 is 0. The van der Waals surface area contributed by atoms with E-state index < -0.39 is 92.3 Å². The fourth-order valence-corrected chi connectivity index (χ4v) is 1.86. The van der Waals surface area contributed by atoms with Crippen LogP contribution in [0.1, 0.15) is 6.42 Å². The van der Waals surface area contributed by atoms with E-state index in [2.05, 4.69) is 9.47 Å². The average molecular weight is 460 g/mol. The van der Waals surface area contributed by atoms with Gasteiger partial charge in [0, 0.05) is 0 Å². The Labute approximate surface area is 173 Å². The van der Waals surface area contributed by atoms with Crippen LogP contribution < -0.4 is 0 Å². The van der Waals surface area contributed by atoms with Gasteiger partial charge in [-0.05, 0) is 0 Å². The number of hydrogen-bond acceptors (Lipinski definition) is 16. The van der Waals surface area contributed by atoms with Crippen LogP contribution in [0.4, 0.5) is 0 Å². The van der Waals surface area contributed by atoms with Crippen LogP contribution in [0.5, 0.6) is 0 Å². The van der Waals surface area contributed by atoms with Crippen LogP contribution in [0, 0.1) is 0 Å². The number of rotatable bonds is 12. The van der Waals surface area contributed by atoms with E-state index in [1.807, 2.05) is 0 Å². The molecule has 0 saturated carbocycles. The van der Waals surface area contributed by atoms with Crippen molar-refractivity contribution in [3.8, 4) is 0 Å². The van der Waals surface area contributed by atoms with E-state index >= 15 is 0 Å². The maximum absolute atomic E-state index is 11.5. The molecule has 0 aromatic carbocycles. The molecule has 0 unspecified atom stereocenters. The van der Waals surface area contributed by atoms with Crippen molar-refractivity contribution in [2.24, 2.45) is 0 Å². The summed E-state index contributed by atoms with van der Waals surface area (Å²) < 4.78 is 7.95. The standard InChI is InChI=1S/C15H24O16/c16-2-4(18)8(22)10(24)12(26)14(28)30-6(20)1-7(21)31-15(29)13(27)11(25)9(23)5(19)3-17/h4-5,8-13,16-19,22-27H,1-3H2/t4-,5-,8-,9-,10+,11+,12-,13-/m1/s1. The molecule has 0 fully saturated rings. The lowest BCUT2D eigenvalue weighted by Crippen LogP contribution is -2.49. The molecule has 0 bridgehead atoms. The normalized spacial score (nSPS) is 19.2. The fourth-order valence-electron chi connectivity index (χ4n) is 1.86. The molecular weight excluding hydrogens is 436 g/mol. The first-order valence-electron chi connectivity index (χ1n) is 8.43. The van der Waals surface area contributed by atoms with E-state index in [4.69, 9.17) is 20.4 Å². The van der Waals surface area contributed by atoms with Gasteiger partial charge in [-0.2, -0.15) is 0 Å². The molecule has 180 valence electrons. The van der Waals surface area contributed by atoms with E-state index in [1.54, 1.807) is 0 Å². The molecule has 8 atom stereocenters. The Hall–Kier alpha value is -2.12. The van der Waals surface area contributed by atoms with Crippen molar-refractivity contribution in [2.75, 3.05) is 13.2 Å². The molecule has 31 heavy (non-hydrogen) atoms. The molecule has 0 saturated heterocycles. The Morgan fingerprint density at radius 2 is 0.839 bits per heavy atom. The summed E-state index contributed by atoms with van der Waals surface area (Å²) in [5.74, 6) is -7.20. The van der Waals surface area contributed by atoms with E-state index in [9.17, 15) is 49.8 Å². The van der Waals surface area contributed by atoms with Gasteiger partial charge in [-0.15, -0.1) is 0 Å². The molecule has 0 aromatic heterocycles. The zero-order valence-electron chi connectivity index (χ0n) is 15.7. The Bertz CT molecular complexity index is 570. The summed E-state index contributed by atoms with van der Waals surface area (Å²) in [5, 5.41) is 92.0. The minimum atomic E-state index is -2.59. The minimum Gasteiger partial charge on any atom is -0.394 e. The molecule has 0 spiro atoms. The van der Waals surface area contributed by atoms with Crippen LogP contribution in [0.3, 0.4) is 0 Å². The molecule has 0 heterocycles. The number of aliphatic hydroxyl groups is 10. The Morgan fingerprint density at radius 1 is 0.548 bits per heavy atom. The van der Waals surface area contributed by atoms with Crippen molar-refractivity contribution < 1.29 is 79.7 Å². The maximum Gasteiger partial charge on any atom is 0.345 e. The van der Waals surface area contributed by atoms with Crippen LogP contribution >= 0.6 is 0 Å². The van der Waals surface area contributed by atoms with Crippen LogP contribution in [0.2, 0.25) is 0 Å². The lowest BCUT2D eigenvalue weighted by molar-refractivity contribution is -0.180. The van der Waals surface area contributed by atoms with Gasteiger partial charge in [0.05, 0.1) is 13.2 Å². The smallest absolute Gasteiger partial charge is 0.345 e. The third-order valence-electron chi connectivity index (χ3n) is 3.71. The van der Waals surface area contributed by atoms with Crippen molar-refractivity contribution in [3.63, 3.8) is 0 Å². The largest absolute Gasteiger partial charge is 0.394 e. The molecule has 0 aliphatic carbocycles. The molecule has 0 radical (unpaired) electrons. The van der Waals surface area contributed by atoms with Crippen molar-refractivity contribution in [2.45, 2.75) is 55.3 Å². The summed E-state index contributed by atoms with van der Waals surface area (Å²) in [4.78, 5) is 45.9. The van der Waals surface area contributed by atoms with Gasteiger partial charge in [0.2, 0.25) is 0 Å². The summed E-state index contributed by atoms with van der Waals surface area (Å²) in [6, 6.07) is 0. The third-order valence-corrected chi connectivity index (χ3v) is 3.71. The summed E-state index contributed by atoms with van der Waals surface area (Å²) in [7, 11) is 0. The lowest BCUT2D eigenvalue weighted by atomic mass is 10.0. The van der Waals surface area contributed by atoms with Gasteiger partial charge >= 0.3 is 23.9 Å². The highest BCUT2D eigenvalue weighted by atomic mass is 16.6. The second-order valence-corrected chi connectivity index (χ2v) is 6.11.